The Labute approximate surface area is 117 Å². The highest BCUT2D eigenvalue weighted by molar-refractivity contribution is 7.92. The van der Waals surface area contributed by atoms with Gasteiger partial charge in [-0.05, 0) is 24.5 Å². The van der Waals surface area contributed by atoms with Crippen LogP contribution in [0.5, 0.6) is 0 Å². The first-order chi connectivity index (χ1) is 9.21. The average molecular weight is 299 g/mol. The second-order valence-corrected chi connectivity index (χ2v) is 7.19. The molecule has 0 N–H and O–H groups in total. The van der Waals surface area contributed by atoms with Gasteiger partial charge >= 0.3 is 0 Å². The summed E-state index contributed by atoms with van der Waals surface area (Å²) in [7, 11) is -3.43. The molecule has 0 aliphatic rings. The lowest BCUT2D eigenvalue weighted by Gasteiger charge is -2.06. The third-order valence-corrected chi connectivity index (χ3v) is 4.32. The number of benzene rings is 1. The van der Waals surface area contributed by atoms with Gasteiger partial charge in [0.15, 0.2) is 15.6 Å². The molecule has 0 aromatic heterocycles. The first kappa shape index (κ1) is 16.3. The third kappa shape index (κ3) is 5.08. The maximum Gasteiger partial charge on any atom is 0.269 e. The van der Waals surface area contributed by atoms with Crippen molar-refractivity contribution in [3.05, 3.63) is 39.9 Å². The van der Waals surface area contributed by atoms with E-state index in [-0.39, 0.29) is 22.9 Å². The van der Waals surface area contributed by atoms with E-state index in [1.54, 1.807) is 0 Å². The summed E-state index contributed by atoms with van der Waals surface area (Å²) >= 11 is 0. The van der Waals surface area contributed by atoms with Crippen LogP contribution in [-0.4, -0.2) is 30.6 Å². The van der Waals surface area contributed by atoms with Gasteiger partial charge in [-0.15, -0.1) is 0 Å². The van der Waals surface area contributed by atoms with E-state index in [1.165, 1.54) is 24.3 Å². The molecule has 0 spiro atoms. The van der Waals surface area contributed by atoms with Gasteiger partial charge in [-0.25, -0.2) is 8.42 Å². The fourth-order valence-corrected chi connectivity index (χ4v) is 3.08. The molecule has 0 radical (unpaired) electrons. The summed E-state index contributed by atoms with van der Waals surface area (Å²) in [5, 5.41) is 10.5. The Bertz CT molecular complexity index is 590. The van der Waals surface area contributed by atoms with Crippen LogP contribution in [0.3, 0.4) is 0 Å². The molecule has 1 aromatic rings. The van der Waals surface area contributed by atoms with Gasteiger partial charge in [0, 0.05) is 17.7 Å². The van der Waals surface area contributed by atoms with Crippen LogP contribution in [0.1, 0.15) is 30.6 Å². The molecule has 0 fully saturated rings. The Morgan fingerprint density at radius 3 is 2.25 bits per heavy atom. The highest BCUT2D eigenvalue weighted by Gasteiger charge is 2.19. The quantitative estimate of drug-likeness (QED) is 0.437. The van der Waals surface area contributed by atoms with Gasteiger partial charge in [0.25, 0.3) is 5.69 Å². The molecule has 0 unspecified atom stereocenters. The Morgan fingerprint density at radius 1 is 1.25 bits per heavy atom. The van der Waals surface area contributed by atoms with E-state index in [0.717, 1.165) is 0 Å². The molecule has 0 bridgehead atoms. The molecule has 1 rings (SSSR count). The predicted molar refractivity (Wildman–Crippen MR) is 75.5 cm³/mol. The predicted octanol–water partition coefficient (Wildman–Crippen LogP) is 2.24. The summed E-state index contributed by atoms with van der Waals surface area (Å²) in [5.41, 5.74) is 0.0351. The Hall–Kier alpha value is -1.76. The van der Waals surface area contributed by atoms with Crippen LogP contribution in [0.2, 0.25) is 0 Å². The number of nitrogens with zero attached hydrogens (tertiary/aromatic N) is 1. The molecule has 0 saturated carbocycles. The highest BCUT2D eigenvalue weighted by atomic mass is 32.2. The summed E-state index contributed by atoms with van der Waals surface area (Å²) in [6, 6.07) is 4.93. The van der Waals surface area contributed by atoms with Gasteiger partial charge in [-0.2, -0.15) is 0 Å². The van der Waals surface area contributed by atoms with Gasteiger partial charge < -0.3 is 0 Å². The molecule has 0 heterocycles. The number of hydrogen-bond acceptors (Lipinski definition) is 5. The molecule has 1 aromatic carbocycles. The highest BCUT2D eigenvalue weighted by Crippen LogP contribution is 2.13. The molecule has 0 amide bonds. The van der Waals surface area contributed by atoms with Crippen LogP contribution in [0.4, 0.5) is 5.69 Å². The molecular formula is C13H17NO5S. The summed E-state index contributed by atoms with van der Waals surface area (Å²) in [6.45, 7) is 3.82. The summed E-state index contributed by atoms with van der Waals surface area (Å²) in [5.74, 6) is -0.871. The van der Waals surface area contributed by atoms with Crippen molar-refractivity contribution < 1.29 is 18.1 Å². The zero-order valence-corrected chi connectivity index (χ0v) is 12.2. The monoisotopic (exact) mass is 299 g/mol. The van der Waals surface area contributed by atoms with Crippen LogP contribution in [0.25, 0.3) is 0 Å². The summed E-state index contributed by atoms with van der Waals surface area (Å²) < 4.78 is 23.5. The van der Waals surface area contributed by atoms with Crippen molar-refractivity contribution in [2.45, 2.75) is 20.3 Å². The zero-order chi connectivity index (χ0) is 15.3. The smallest absolute Gasteiger partial charge is 0.269 e. The van der Waals surface area contributed by atoms with Crippen molar-refractivity contribution >= 4 is 21.3 Å². The lowest BCUT2D eigenvalue weighted by atomic mass is 10.1. The fourth-order valence-electron chi connectivity index (χ4n) is 1.54. The molecule has 0 atom stereocenters. The molecule has 0 aliphatic carbocycles. The van der Waals surface area contributed by atoms with Crippen LogP contribution in [0, 0.1) is 16.0 Å². The minimum Gasteiger partial charge on any atom is -0.293 e. The van der Waals surface area contributed by atoms with E-state index in [0.29, 0.717) is 6.42 Å². The number of carbonyl (C=O) groups is 1. The number of hydrogen-bond donors (Lipinski definition) is 0. The van der Waals surface area contributed by atoms with Crippen LogP contribution >= 0.6 is 0 Å². The van der Waals surface area contributed by atoms with Gasteiger partial charge in [0.1, 0.15) is 5.75 Å². The largest absolute Gasteiger partial charge is 0.293 e. The van der Waals surface area contributed by atoms with Crippen LogP contribution < -0.4 is 0 Å². The molecule has 6 nitrogen and oxygen atoms in total. The van der Waals surface area contributed by atoms with Crippen molar-refractivity contribution in [1.82, 2.24) is 0 Å². The molecule has 0 saturated heterocycles. The van der Waals surface area contributed by atoms with E-state index in [2.05, 4.69) is 0 Å². The van der Waals surface area contributed by atoms with Crippen molar-refractivity contribution in [2.75, 3.05) is 11.5 Å². The Kier molecular flexibility index (Phi) is 5.38. The minimum absolute atomic E-state index is 0.0244. The van der Waals surface area contributed by atoms with E-state index in [4.69, 9.17) is 0 Å². The number of carbonyl (C=O) groups excluding carboxylic acids is 1. The number of ketones is 1. The number of rotatable bonds is 7. The number of Topliss-reactive ketones (excluding diaryl/α,β-unsaturated/α-hetero) is 1. The van der Waals surface area contributed by atoms with Crippen molar-refractivity contribution in [3.8, 4) is 0 Å². The van der Waals surface area contributed by atoms with Gasteiger partial charge in [0.05, 0.1) is 10.7 Å². The normalized spacial score (nSPS) is 11.6. The molecule has 7 heteroatoms. The maximum atomic E-state index is 11.8. The van der Waals surface area contributed by atoms with Crippen molar-refractivity contribution in [3.63, 3.8) is 0 Å². The lowest BCUT2D eigenvalue weighted by molar-refractivity contribution is -0.384. The summed E-state index contributed by atoms with van der Waals surface area (Å²) in [6.07, 6.45) is 0.510. The number of non-ortho nitro benzene ring substituents is 1. The van der Waals surface area contributed by atoms with Gasteiger partial charge in [0.2, 0.25) is 0 Å². The first-order valence-electron chi connectivity index (χ1n) is 6.19. The van der Waals surface area contributed by atoms with E-state index in [1.807, 2.05) is 13.8 Å². The summed E-state index contributed by atoms with van der Waals surface area (Å²) in [4.78, 5) is 21.7. The standard InChI is InChI=1S/C13H17NO5S/c1-10(2)7-8-20(18,19)9-13(15)11-3-5-12(6-4-11)14(16)17/h3-6,10H,7-9H2,1-2H3. The SMILES string of the molecule is CC(C)CCS(=O)(=O)CC(=O)c1ccc([N+](=O)[O-])cc1. The number of nitro groups is 1. The minimum atomic E-state index is -3.43. The van der Waals surface area contributed by atoms with E-state index in [9.17, 15) is 23.3 Å². The van der Waals surface area contributed by atoms with E-state index >= 15 is 0 Å². The molecule has 0 aliphatic heterocycles. The third-order valence-electron chi connectivity index (χ3n) is 2.76. The number of nitro benzene ring substituents is 1. The van der Waals surface area contributed by atoms with Crippen molar-refractivity contribution in [2.24, 2.45) is 5.92 Å². The second kappa shape index (κ2) is 6.60. The Balaban J connectivity index is 2.73. The maximum absolute atomic E-state index is 11.8. The fraction of sp³-hybridized carbons (Fsp3) is 0.462. The van der Waals surface area contributed by atoms with Gasteiger partial charge in [-0.3, -0.25) is 14.9 Å². The molecule has 110 valence electrons. The number of sulfone groups is 1. The topological polar surface area (TPSA) is 94.3 Å². The molecular weight excluding hydrogens is 282 g/mol. The Morgan fingerprint density at radius 2 is 1.80 bits per heavy atom. The van der Waals surface area contributed by atoms with Gasteiger partial charge in [-0.1, -0.05) is 13.8 Å². The van der Waals surface area contributed by atoms with Crippen LogP contribution in [0.15, 0.2) is 24.3 Å². The van der Waals surface area contributed by atoms with Crippen molar-refractivity contribution in [1.29, 1.82) is 0 Å². The lowest BCUT2D eigenvalue weighted by Crippen LogP contribution is -2.20. The average Bonchev–Trinajstić information content (AvgIpc) is 2.36. The first-order valence-corrected chi connectivity index (χ1v) is 8.01. The second-order valence-electron chi connectivity index (χ2n) is 5.00. The molecule has 20 heavy (non-hydrogen) atoms. The zero-order valence-electron chi connectivity index (χ0n) is 11.4. The van der Waals surface area contributed by atoms with Crippen LogP contribution in [-0.2, 0) is 9.84 Å². The van der Waals surface area contributed by atoms with E-state index < -0.39 is 26.3 Å².